The standard InChI is InChI=1S/C7H15NO3.C7H13NO2/c1-3-4-6(2)7(9)5-8(10)11;1-3-4-7(2)5-6-8(9)10/h6-7,9H,3-5H2,1-2H3;5-7H,3-4H2,1-2H3/b;6-5+. The van der Waals surface area contributed by atoms with Gasteiger partial charge < -0.3 is 5.11 Å². The van der Waals surface area contributed by atoms with Gasteiger partial charge in [0.1, 0.15) is 6.10 Å². The Kier molecular flexibility index (Phi) is 14.0. The molecule has 7 nitrogen and oxygen atoms in total. The molecule has 21 heavy (non-hydrogen) atoms. The highest BCUT2D eigenvalue weighted by atomic mass is 16.6. The molecule has 3 unspecified atom stereocenters. The topological polar surface area (TPSA) is 107 Å². The van der Waals surface area contributed by atoms with Crippen LogP contribution in [0.2, 0.25) is 0 Å². The average molecular weight is 304 g/mol. The molecule has 0 bridgehead atoms. The van der Waals surface area contributed by atoms with Crippen LogP contribution in [0.5, 0.6) is 0 Å². The molecule has 7 heteroatoms. The maximum Gasteiger partial charge on any atom is 0.230 e. The van der Waals surface area contributed by atoms with Gasteiger partial charge >= 0.3 is 0 Å². The summed E-state index contributed by atoms with van der Waals surface area (Å²) in [5, 5.41) is 29.0. The maximum atomic E-state index is 9.96. The molecule has 0 fully saturated rings. The van der Waals surface area contributed by atoms with Crippen LogP contribution in [0.15, 0.2) is 12.3 Å². The molecule has 0 aromatic heterocycles. The smallest absolute Gasteiger partial charge is 0.230 e. The lowest BCUT2D eigenvalue weighted by atomic mass is 10.00. The Bertz CT molecular complexity index is 320. The van der Waals surface area contributed by atoms with E-state index in [9.17, 15) is 25.3 Å². The molecule has 0 spiro atoms. The minimum Gasteiger partial charge on any atom is -0.386 e. The quantitative estimate of drug-likeness (QED) is 0.519. The van der Waals surface area contributed by atoms with Crippen molar-refractivity contribution in [1.29, 1.82) is 0 Å². The highest BCUT2D eigenvalue weighted by molar-refractivity contribution is 4.78. The lowest BCUT2D eigenvalue weighted by Gasteiger charge is -2.13. The molecule has 0 aromatic carbocycles. The third-order valence-corrected chi connectivity index (χ3v) is 3.02. The third kappa shape index (κ3) is 16.4. The van der Waals surface area contributed by atoms with Crippen LogP contribution >= 0.6 is 0 Å². The normalized spacial score (nSPS) is 14.9. The van der Waals surface area contributed by atoms with Crippen LogP contribution in [0.1, 0.15) is 53.4 Å². The number of nitrogens with zero attached hydrogens (tertiary/aromatic N) is 2. The van der Waals surface area contributed by atoms with Crippen LogP contribution < -0.4 is 0 Å². The van der Waals surface area contributed by atoms with Crippen molar-refractivity contribution in [3.05, 3.63) is 32.5 Å². The van der Waals surface area contributed by atoms with Crippen molar-refractivity contribution < 1.29 is 15.0 Å². The second kappa shape index (κ2) is 13.5. The maximum absolute atomic E-state index is 9.96. The van der Waals surface area contributed by atoms with Crippen molar-refractivity contribution >= 4 is 0 Å². The molecule has 0 aliphatic rings. The summed E-state index contributed by atoms with van der Waals surface area (Å²) in [7, 11) is 0. The van der Waals surface area contributed by atoms with E-state index < -0.39 is 16.0 Å². The van der Waals surface area contributed by atoms with Gasteiger partial charge in [0.2, 0.25) is 12.7 Å². The molecule has 0 rings (SSSR count). The monoisotopic (exact) mass is 304 g/mol. The Balaban J connectivity index is 0. The average Bonchev–Trinajstić information content (AvgIpc) is 2.37. The Labute approximate surface area is 126 Å². The van der Waals surface area contributed by atoms with E-state index in [-0.39, 0.29) is 12.5 Å². The molecule has 0 radical (unpaired) electrons. The van der Waals surface area contributed by atoms with Gasteiger partial charge in [-0.1, -0.05) is 40.5 Å². The summed E-state index contributed by atoms with van der Waals surface area (Å²) in [4.78, 5) is 18.9. The van der Waals surface area contributed by atoms with Gasteiger partial charge in [0, 0.05) is 4.92 Å². The minimum atomic E-state index is -0.787. The van der Waals surface area contributed by atoms with Crippen LogP contribution in [0.25, 0.3) is 0 Å². The van der Waals surface area contributed by atoms with Crippen molar-refractivity contribution in [2.75, 3.05) is 6.54 Å². The first-order chi connectivity index (χ1) is 9.74. The SMILES string of the molecule is CCCC(C)/C=C/[N+](=O)[O-].CCCC(C)C(O)C[N+](=O)[O-]. The lowest BCUT2D eigenvalue weighted by Crippen LogP contribution is -2.26. The molecule has 1 N–H and O–H groups in total. The fourth-order valence-electron chi connectivity index (χ4n) is 1.75. The van der Waals surface area contributed by atoms with Gasteiger partial charge in [-0.15, -0.1) is 0 Å². The Morgan fingerprint density at radius 2 is 1.62 bits per heavy atom. The summed E-state index contributed by atoms with van der Waals surface area (Å²) in [5.74, 6) is 0.362. The third-order valence-electron chi connectivity index (χ3n) is 3.02. The summed E-state index contributed by atoms with van der Waals surface area (Å²) < 4.78 is 0. The largest absolute Gasteiger partial charge is 0.386 e. The van der Waals surface area contributed by atoms with Crippen molar-refractivity contribution in [1.82, 2.24) is 0 Å². The van der Waals surface area contributed by atoms with Gasteiger partial charge in [-0.3, -0.25) is 20.2 Å². The molecule has 0 saturated carbocycles. The summed E-state index contributed by atoms with van der Waals surface area (Å²) in [5.41, 5.74) is 0. The number of nitro groups is 2. The van der Waals surface area contributed by atoms with Crippen LogP contribution in [0.4, 0.5) is 0 Å². The number of rotatable bonds is 9. The number of aliphatic hydroxyl groups excluding tert-OH is 1. The highest BCUT2D eigenvalue weighted by Gasteiger charge is 2.18. The Morgan fingerprint density at radius 3 is 2.00 bits per heavy atom. The lowest BCUT2D eigenvalue weighted by molar-refractivity contribution is -0.492. The molecule has 0 aliphatic heterocycles. The first-order valence-electron chi connectivity index (χ1n) is 7.36. The van der Waals surface area contributed by atoms with E-state index >= 15 is 0 Å². The predicted octanol–water partition coefficient (Wildman–Crippen LogP) is 3.27. The van der Waals surface area contributed by atoms with Gasteiger partial charge in [-0.25, -0.2) is 0 Å². The Hall–Kier alpha value is -1.50. The van der Waals surface area contributed by atoms with Crippen molar-refractivity contribution in [3.8, 4) is 0 Å². The Morgan fingerprint density at radius 1 is 1.10 bits per heavy atom. The molecule has 0 heterocycles. The molecule has 0 aliphatic carbocycles. The molecular weight excluding hydrogens is 276 g/mol. The molecule has 124 valence electrons. The summed E-state index contributed by atoms with van der Waals surface area (Å²) in [6, 6.07) is 0. The van der Waals surface area contributed by atoms with Crippen LogP contribution in [-0.2, 0) is 0 Å². The van der Waals surface area contributed by atoms with Gasteiger partial charge in [0.25, 0.3) is 0 Å². The van der Waals surface area contributed by atoms with E-state index in [4.69, 9.17) is 0 Å². The van der Waals surface area contributed by atoms with Gasteiger partial charge in [-0.05, 0) is 30.8 Å². The van der Waals surface area contributed by atoms with Crippen molar-refractivity contribution in [2.45, 2.75) is 59.5 Å². The predicted molar refractivity (Wildman–Crippen MR) is 82.1 cm³/mol. The number of allylic oxidation sites excluding steroid dienone is 1. The van der Waals surface area contributed by atoms with Crippen LogP contribution in [-0.4, -0.2) is 27.6 Å². The van der Waals surface area contributed by atoms with Crippen LogP contribution in [0, 0.1) is 32.1 Å². The molecule has 0 amide bonds. The fraction of sp³-hybridized carbons (Fsp3) is 0.857. The molecule has 0 aromatic rings. The van der Waals surface area contributed by atoms with E-state index in [2.05, 4.69) is 6.92 Å². The van der Waals surface area contributed by atoms with E-state index in [0.717, 1.165) is 31.9 Å². The fourth-order valence-corrected chi connectivity index (χ4v) is 1.75. The van der Waals surface area contributed by atoms with E-state index in [1.54, 1.807) is 6.08 Å². The van der Waals surface area contributed by atoms with Gasteiger partial charge in [-0.2, -0.15) is 0 Å². The summed E-state index contributed by atoms with van der Waals surface area (Å²) in [6.45, 7) is 7.54. The number of hydrogen-bond acceptors (Lipinski definition) is 5. The first-order valence-corrected chi connectivity index (χ1v) is 7.36. The minimum absolute atomic E-state index is 0.0328. The zero-order chi connectivity index (χ0) is 16.8. The van der Waals surface area contributed by atoms with E-state index in [1.165, 1.54) is 0 Å². The number of hydrogen-bond donors (Lipinski definition) is 1. The zero-order valence-electron chi connectivity index (χ0n) is 13.4. The second-order valence-electron chi connectivity index (χ2n) is 5.24. The first kappa shape index (κ1) is 21.8. The molecular formula is C14H28N2O5. The van der Waals surface area contributed by atoms with Gasteiger partial charge in [0.15, 0.2) is 0 Å². The second-order valence-corrected chi connectivity index (χ2v) is 5.24. The number of aliphatic hydroxyl groups is 1. The summed E-state index contributed by atoms with van der Waals surface area (Å²) >= 11 is 0. The van der Waals surface area contributed by atoms with E-state index in [0.29, 0.717) is 5.92 Å². The highest BCUT2D eigenvalue weighted by Crippen LogP contribution is 2.10. The molecule has 0 saturated heterocycles. The zero-order valence-corrected chi connectivity index (χ0v) is 13.4. The van der Waals surface area contributed by atoms with Crippen LogP contribution in [0.3, 0.4) is 0 Å². The van der Waals surface area contributed by atoms with Gasteiger partial charge in [0.05, 0.1) is 4.92 Å². The van der Waals surface area contributed by atoms with Crippen molar-refractivity contribution in [2.24, 2.45) is 11.8 Å². The van der Waals surface area contributed by atoms with Crippen molar-refractivity contribution in [3.63, 3.8) is 0 Å². The van der Waals surface area contributed by atoms with E-state index in [1.807, 2.05) is 20.8 Å². The summed E-state index contributed by atoms with van der Waals surface area (Å²) in [6.07, 6.45) is 5.74. The molecule has 3 atom stereocenters.